The third kappa shape index (κ3) is 2.93. The topological polar surface area (TPSA) is 66.5 Å². The second kappa shape index (κ2) is 6.59. The van der Waals surface area contributed by atoms with Gasteiger partial charge in [-0.05, 0) is 29.9 Å². The van der Waals surface area contributed by atoms with Crippen LogP contribution in [0.5, 0.6) is 5.75 Å². The van der Waals surface area contributed by atoms with E-state index in [0.29, 0.717) is 6.42 Å². The molecule has 18 heavy (non-hydrogen) atoms. The number of benzene rings is 2. The summed E-state index contributed by atoms with van der Waals surface area (Å²) in [5.41, 5.74) is 7.12. The summed E-state index contributed by atoms with van der Waals surface area (Å²) in [7, 11) is 0. The highest BCUT2D eigenvalue weighted by Crippen LogP contribution is 2.31. The lowest BCUT2D eigenvalue weighted by atomic mass is 9.96. The first-order valence-electron chi connectivity index (χ1n) is 5.81. The molecule has 2 aromatic rings. The van der Waals surface area contributed by atoms with Gasteiger partial charge in [-0.25, -0.2) is 0 Å². The zero-order valence-electron chi connectivity index (χ0n) is 10.0. The van der Waals surface area contributed by atoms with Gasteiger partial charge < -0.3 is 15.9 Å². The number of rotatable bonds is 4. The number of hydrogen-bond acceptors (Lipinski definition) is 3. The molecule has 0 aromatic heterocycles. The van der Waals surface area contributed by atoms with E-state index in [1.165, 1.54) is 0 Å². The largest absolute Gasteiger partial charge is 0.507 e. The van der Waals surface area contributed by atoms with Crippen LogP contribution in [-0.2, 0) is 0 Å². The number of halogens is 1. The van der Waals surface area contributed by atoms with Gasteiger partial charge >= 0.3 is 0 Å². The Hall–Kier alpha value is -1.29. The smallest absolute Gasteiger partial charge is 0.123 e. The highest BCUT2D eigenvalue weighted by atomic mass is 35.5. The van der Waals surface area contributed by atoms with Gasteiger partial charge in [0.1, 0.15) is 5.75 Å². The molecule has 0 spiro atoms. The van der Waals surface area contributed by atoms with Crippen LogP contribution in [0.3, 0.4) is 0 Å². The van der Waals surface area contributed by atoms with Crippen LogP contribution in [0.25, 0.3) is 10.8 Å². The van der Waals surface area contributed by atoms with Crippen molar-refractivity contribution in [3.05, 3.63) is 42.0 Å². The second-order valence-corrected chi connectivity index (χ2v) is 4.19. The minimum absolute atomic E-state index is 0. The van der Waals surface area contributed by atoms with Crippen LogP contribution in [0, 0.1) is 0 Å². The van der Waals surface area contributed by atoms with Crippen molar-refractivity contribution in [2.45, 2.75) is 18.9 Å². The van der Waals surface area contributed by atoms with Crippen LogP contribution in [0.4, 0.5) is 0 Å². The minimum atomic E-state index is -0.104. The van der Waals surface area contributed by atoms with Crippen LogP contribution >= 0.6 is 12.4 Å². The number of nitrogens with two attached hydrogens (primary N) is 1. The minimum Gasteiger partial charge on any atom is -0.507 e. The first kappa shape index (κ1) is 14.8. The van der Waals surface area contributed by atoms with E-state index in [-0.39, 0.29) is 30.8 Å². The number of phenols is 1. The van der Waals surface area contributed by atoms with Crippen molar-refractivity contribution in [2.24, 2.45) is 5.73 Å². The van der Waals surface area contributed by atoms with Gasteiger partial charge in [0.15, 0.2) is 0 Å². The van der Waals surface area contributed by atoms with E-state index >= 15 is 0 Å². The van der Waals surface area contributed by atoms with Crippen LogP contribution in [0.1, 0.15) is 24.4 Å². The fourth-order valence-electron chi connectivity index (χ4n) is 2.10. The Morgan fingerprint density at radius 2 is 1.72 bits per heavy atom. The van der Waals surface area contributed by atoms with Gasteiger partial charge in [0.2, 0.25) is 0 Å². The van der Waals surface area contributed by atoms with Gasteiger partial charge in [0.05, 0.1) is 0 Å². The SMILES string of the molecule is Cl.N[C@H](CCCO)c1ccc(O)c2ccccc12. The van der Waals surface area contributed by atoms with Gasteiger partial charge in [-0.1, -0.05) is 30.3 Å². The molecule has 0 saturated heterocycles. The van der Waals surface area contributed by atoms with Gasteiger partial charge in [-0.15, -0.1) is 12.4 Å². The molecule has 2 aromatic carbocycles. The lowest BCUT2D eigenvalue weighted by Crippen LogP contribution is -2.11. The zero-order chi connectivity index (χ0) is 12.3. The molecule has 4 N–H and O–H groups in total. The van der Waals surface area contributed by atoms with E-state index in [1.54, 1.807) is 6.07 Å². The normalized spacial score (nSPS) is 12.1. The predicted octanol–water partition coefficient (Wildman–Crippen LogP) is 2.74. The second-order valence-electron chi connectivity index (χ2n) is 4.19. The van der Waals surface area contributed by atoms with E-state index in [4.69, 9.17) is 10.8 Å². The molecule has 4 heteroatoms. The van der Waals surface area contributed by atoms with E-state index in [2.05, 4.69) is 0 Å². The molecule has 2 rings (SSSR count). The molecule has 0 saturated carbocycles. The van der Waals surface area contributed by atoms with Gasteiger partial charge in [-0.3, -0.25) is 0 Å². The Morgan fingerprint density at radius 3 is 2.39 bits per heavy atom. The van der Waals surface area contributed by atoms with Crippen LogP contribution < -0.4 is 5.73 Å². The Balaban J connectivity index is 0.00000162. The molecule has 0 bridgehead atoms. The summed E-state index contributed by atoms with van der Waals surface area (Å²) in [5.74, 6) is 0.277. The van der Waals surface area contributed by atoms with Crippen molar-refractivity contribution in [1.29, 1.82) is 0 Å². The van der Waals surface area contributed by atoms with Crippen molar-refractivity contribution in [3.63, 3.8) is 0 Å². The van der Waals surface area contributed by atoms with Crippen LogP contribution in [0.2, 0.25) is 0 Å². The number of hydrogen-bond donors (Lipinski definition) is 3. The van der Waals surface area contributed by atoms with Crippen LogP contribution in [-0.4, -0.2) is 16.8 Å². The van der Waals surface area contributed by atoms with Gasteiger partial charge in [-0.2, -0.15) is 0 Å². The molecule has 1 atom stereocenters. The van der Waals surface area contributed by atoms with Crippen molar-refractivity contribution >= 4 is 23.2 Å². The number of fused-ring (bicyclic) bond motifs is 1. The maximum atomic E-state index is 9.77. The summed E-state index contributed by atoms with van der Waals surface area (Å²) in [6, 6.07) is 11.1. The summed E-state index contributed by atoms with van der Waals surface area (Å²) >= 11 is 0. The third-order valence-electron chi connectivity index (χ3n) is 3.01. The van der Waals surface area contributed by atoms with Gasteiger partial charge in [0, 0.05) is 18.0 Å². The van der Waals surface area contributed by atoms with Crippen molar-refractivity contribution in [2.75, 3.05) is 6.61 Å². The lowest BCUT2D eigenvalue weighted by Gasteiger charge is -2.14. The molecule has 0 radical (unpaired) electrons. The summed E-state index contributed by atoms with van der Waals surface area (Å²) in [5, 5.41) is 20.4. The number of aromatic hydroxyl groups is 1. The number of aliphatic hydroxyl groups is 1. The maximum Gasteiger partial charge on any atom is 0.123 e. The summed E-state index contributed by atoms with van der Waals surface area (Å²) in [4.78, 5) is 0. The Morgan fingerprint density at radius 1 is 1.06 bits per heavy atom. The van der Waals surface area contributed by atoms with Gasteiger partial charge in [0.25, 0.3) is 0 Å². The zero-order valence-corrected chi connectivity index (χ0v) is 10.9. The fraction of sp³-hybridized carbons (Fsp3) is 0.286. The molecule has 0 aliphatic rings. The number of aliphatic hydroxyl groups excluding tert-OH is 1. The molecule has 0 heterocycles. The fourth-order valence-corrected chi connectivity index (χ4v) is 2.10. The molecular weight excluding hydrogens is 250 g/mol. The third-order valence-corrected chi connectivity index (χ3v) is 3.01. The highest BCUT2D eigenvalue weighted by Gasteiger charge is 2.11. The summed E-state index contributed by atoms with van der Waals surface area (Å²) < 4.78 is 0. The van der Waals surface area contributed by atoms with Crippen molar-refractivity contribution in [3.8, 4) is 5.75 Å². The summed E-state index contributed by atoms with van der Waals surface area (Å²) in [6.07, 6.45) is 1.43. The van der Waals surface area contributed by atoms with E-state index in [1.807, 2.05) is 30.3 Å². The molecular formula is C14H18ClNO2. The average Bonchev–Trinajstić information content (AvgIpc) is 2.37. The highest BCUT2D eigenvalue weighted by molar-refractivity contribution is 5.91. The van der Waals surface area contributed by atoms with E-state index < -0.39 is 0 Å². The first-order chi connectivity index (χ1) is 8.24. The Labute approximate surface area is 113 Å². The van der Waals surface area contributed by atoms with E-state index in [0.717, 1.165) is 22.8 Å². The van der Waals surface area contributed by atoms with Crippen LogP contribution in [0.15, 0.2) is 36.4 Å². The molecule has 0 aliphatic heterocycles. The first-order valence-corrected chi connectivity index (χ1v) is 5.81. The molecule has 0 unspecified atom stereocenters. The summed E-state index contributed by atoms with van der Waals surface area (Å²) in [6.45, 7) is 0.156. The molecule has 0 amide bonds. The monoisotopic (exact) mass is 267 g/mol. The number of phenolic OH excluding ortho intramolecular Hbond substituents is 1. The molecule has 98 valence electrons. The average molecular weight is 268 g/mol. The standard InChI is InChI=1S/C14H17NO2.ClH/c15-13(6-3-9-16)11-7-8-14(17)12-5-2-1-4-10(11)12;/h1-2,4-5,7-8,13,16-17H,3,6,9,15H2;1H/t13-;/m1./s1. The lowest BCUT2D eigenvalue weighted by molar-refractivity contribution is 0.280. The molecule has 3 nitrogen and oxygen atoms in total. The molecule has 0 fully saturated rings. The van der Waals surface area contributed by atoms with E-state index in [9.17, 15) is 5.11 Å². The molecule has 0 aliphatic carbocycles. The van der Waals surface area contributed by atoms with Crippen molar-refractivity contribution in [1.82, 2.24) is 0 Å². The Kier molecular flexibility index (Phi) is 5.41. The quantitative estimate of drug-likeness (QED) is 0.798. The van der Waals surface area contributed by atoms with Crippen molar-refractivity contribution < 1.29 is 10.2 Å². The predicted molar refractivity (Wildman–Crippen MR) is 76.1 cm³/mol. The maximum absolute atomic E-state index is 9.77. The Bertz CT molecular complexity index is 516.